The number of aryl methyl sites for hydroxylation is 2. The summed E-state index contributed by atoms with van der Waals surface area (Å²) in [6, 6.07) is 5.77. The number of hydrogen-bond acceptors (Lipinski definition) is 5. The molecule has 0 spiro atoms. The first kappa shape index (κ1) is 17.0. The van der Waals surface area contributed by atoms with Gasteiger partial charge in [-0.1, -0.05) is 6.07 Å². The van der Waals surface area contributed by atoms with E-state index < -0.39 is 0 Å². The first-order chi connectivity index (χ1) is 12.0. The van der Waals surface area contributed by atoms with Crippen molar-refractivity contribution in [1.82, 2.24) is 14.9 Å². The van der Waals surface area contributed by atoms with Crippen LogP contribution in [0.15, 0.2) is 30.6 Å². The minimum atomic E-state index is -0.119. The fourth-order valence-electron chi connectivity index (χ4n) is 2.69. The number of anilines is 1. The van der Waals surface area contributed by atoms with Crippen molar-refractivity contribution in [2.75, 3.05) is 25.5 Å². The molecule has 0 aliphatic carbocycles. The van der Waals surface area contributed by atoms with Crippen molar-refractivity contribution in [1.29, 1.82) is 0 Å². The summed E-state index contributed by atoms with van der Waals surface area (Å²) in [5.41, 5.74) is 3.15. The minimum Gasteiger partial charge on any atom is -0.480 e. The zero-order valence-corrected chi connectivity index (χ0v) is 14.7. The van der Waals surface area contributed by atoms with Crippen LogP contribution in [-0.4, -0.2) is 47.2 Å². The number of carbonyl (C=O) groups is 1. The fraction of sp³-hybridized carbons (Fsp3) is 0.389. The number of urea groups is 1. The lowest BCUT2D eigenvalue weighted by molar-refractivity contribution is 0.188. The van der Waals surface area contributed by atoms with Gasteiger partial charge in [-0.25, -0.2) is 4.79 Å². The number of aromatic nitrogens is 2. The highest BCUT2D eigenvalue weighted by molar-refractivity contribution is 5.89. The molecular weight excluding hydrogens is 320 g/mol. The van der Waals surface area contributed by atoms with Crippen molar-refractivity contribution in [3.63, 3.8) is 0 Å². The van der Waals surface area contributed by atoms with Crippen LogP contribution in [0.4, 0.5) is 10.5 Å². The Bertz CT molecular complexity index is 766. The molecule has 1 aliphatic heterocycles. The molecule has 1 atom stereocenters. The first-order valence-electron chi connectivity index (χ1n) is 8.21. The zero-order chi connectivity index (χ0) is 17.8. The van der Waals surface area contributed by atoms with Gasteiger partial charge in [0, 0.05) is 18.7 Å². The number of rotatable bonds is 4. The number of ether oxygens (including phenoxy) is 2. The Morgan fingerprint density at radius 1 is 1.24 bits per heavy atom. The van der Waals surface area contributed by atoms with E-state index in [-0.39, 0.29) is 12.1 Å². The Morgan fingerprint density at radius 3 is 2.80 bits per heavy atom. The molecule has 2 heterocycles. The molecule has 132 valence electrons. The number of amides is 2. The van der Waals surface area contributed by atoms with Crippen LogP contribution in [0.25, 0.3) is 0 Å². The van der Waals surface area contributed by atoms with Gasteiger partial charge in [0.1, 0.15) is 6.10 Å². The van der Waals surface area contributed by atoms with E-state index in [1.807, 2.05) is 32.0 Å². The third-order valence-electron chi connectivity index (χ3n) is 4.28. The number of carbonyl (C=O) groups excluding carboxylic acids is 1. The first-order valence-corrected chi connectivity index (χ1v) is 8.21. The second-order valence-corrected chi connectivity index (χ2v) is 6.10. The van der Waals surface area contributed by atoms with Crippen molar-refractivity contribution in [2.45, 2.75) is 26.4 Å². The lowest BCUT2D eigenvalue weighted by atomic mass is 10.1. The molecule has 2 amide bonds. The van der Waals surface area contributed by atoms with Crippen molar-refractivity contribution < 1.29 is 14.3 Å². The maximum absolute atomic E-state index is 12.4. The predicted octanol–water partition coefficient (Wildman–Crippen LogP) is 2.79. The lowest BCUT2D eigenvalue weighted by Crippen LogP contribution is -2.34. The molecule has 7 heteroatoms. The molecule has 1 aromatic carbocycles. The summed E-state index contributed by atoms with van der Waals surface area (Å²) in [6.07, 6.45) is 3.71. The topological polar surface area (TPSA) is 76.6 Å². The number of nitrogens with one attached hydrogen (secondary N) is 1. The van der Waals surface area contributed by atoms with E-state index in [1.165, 1.54) is 18.9 Å². The van der Waals surface area contributed by atoms with Crippen molar-refractivity contribution in [3.8, 4) is 11.8 Å². The molecule has 0 radical (unpaired) electrons. The third-order valence-corrected chi connectivity index (χ3v) is 4.28. The summed E-state index contributed by atoms with van der Waals surface area (Å²) >= 11 is 0. The summed E-state index contributed by atoms with van der Waals surface area (Å²) in [6.45, 7) is 5.22. The Balaban J connectivity index is 1.56. The van der Waals surface area contributed by atoms with Crippen LogP contribution in [0, 0.1) is 13.8 Å². The molecule has 0 bridgehead atoms. The number of hydrogen-bond donors (Lipinski definition) is 1. The van der Waals surface area contributed by atoms with Crippen LogP contribution >= 0.6 is 0 Å². The Labute approximate surface area is 147 Å². The van der Waals surface area contributed by atoms with Gasteiger partial charge in [0.15, 0.2) is 0 Å². The maximum atomic E-state index is 12.4. The number of nitrogens with zero attached hydrogens (tertiary/aromatic N) is 3. The van der Waals surface area contributed by atoms with Gasteiger partial charge in [0.2, 0.25) is 11.8 Å². The normalized spacial score (nSPS) is 16.6. The fourth-order valence-corrected chi connectivity index (χ4v) is 2.69. The highest BCUT2D eigenvalue weighted by atomic mass is 16.5. The van der Waals surface area contributed by atoms with Crippen LogP contribution in [0.3, 0.4) is 0 Å². The molecule has 1 N–H and O–H groups in total. The van der Waals surface area contributed by atoms with Crippen LogP contribution in [-0.2, 0) is 0 Å². The van der Waals surface area contributed by atoms with Gasteiger partial charge >= 0.3 is 6.03 Å². The van der Waals surface area contributed by atoms with E-state index in [9.17, 15) is 4.79 Å². The molecule has 1 unspecified atom stereocenters. The second kappa shape index (κ2) is 7.38. The minimum absolute atomic E-state index is 0.105. The summed E-state index contributed by atoms with van der Waals surface area (Å²) in [7, 11) is 1.53. The molecule has 7 nitrogen and oxygen atoms in total. The molecule has 25 heavy (non-hydrogen) atoms. The Hall–Kier alpha value is -2.83. The van der Waals surface area contributed by atoms with Gasteiger partial charge in [0.05, 0.1) is 26.0 Å². The number of benzene rings is 1. The van der Waals surface area contributed by atoms with E-state index in [1.54, 1.807) is 11.1 Å². The summed E-state index contributed by atoms with van der Waals surface area (Å²) in [5, 5.41) is 2.94. The van der Waals surface area contributed by atoms with Gasteiger partial charge in [-0.05, 0) is 37.1 Å². The van der Waals surface area contributed by atoms with Crippen LogP contribution in [0.1, 0.15) is 17.5 Å². The average Bonchev–Trinajstić information content (AvgIpc) is 3.07. The van der Waals surface area contributed by atoms with E-state index in [4.69, 9.17) is 9.47 Å². The highest BCUT2D eigenvalue weighted by Gasteiger charge is 2.28. The largest absolute Gasteiger partial charge is 0.480 e. The molecule has 1 aromatic heterocycles. The van der Waals surface area contributed by atoms with Crippen molar-refractivity contribution in [3.05, 3.63) is 41.7 Å². The van der Waals surface area contributed by atoms with E-state index in [0.29, 0.717) is 24.8 Å². The highest BCUT2D eigenvalue weighted by Crippen LogP contribution is 2.20. The van der Waals surface area contributed by atoms with E-state index in [2.05, 4.69) is 15.3 Å². The third kappa shape index (κ3) is 4.17. The average molecular weight is 342 g/mol. The van der Waals surface area contributed by atoms with Gasteiger partial charge in [-0.3, -0.25) is 4.98 Å². The van der Waals surface area contributed by atoms with Crippen molar-refractivity contribution >= 4 is 11.7 Å². The SMILES string of the molecule is COc1cncc(OC2CCN(C(=O)Nc3ccc(C)c(C)c3)C2)n1. The number of likely N-dealkylation sites (tertiary alicyclic amines) is 1. The summed E-state index contributed by atoms with van der Waals surface area (Å²) in [4.78, 5) is 22.4. The second-order valence-electron chi connectivity index (χ2n) is 6.10. The van der Waals surface area contributed by atoms with E-state index >= 15 is 0 Å². The standard InChI is InChI=1S/C18H22N4O3/c1-12-4-5-14(8-13(12)2)20-18(23)22-7-6-15(11-22)25-17-10-19-9-16(21-17)24-3/h4-5,8-10,15H,6-7,11H2,1-3H3,(H,20,23). The smallest absolute Gasteiger partial charge is 0.321 e. The van der Waals surface area contributed by atoms with Gasteiger partial charge in [-0.2, -0.15) is 4.98 Å². The Kier molecular flexibility index (Phi) is 5.02. The predicted molar refractivity (Wildman–Crippen MR) is 94.1 cm³/mol. The van der Waals surface area contributed by atoms with Crippen LogP contribution in [0.2, 0.25) is 0 Å². The van der Waals surface area contributed by atoms with Gasteiger partial charge < -0.3 is 19.7 Å². The van der Waals surface area contributed by atoms with Gasteiger partial charge in [0.25, 0.3) is 0 Å². The molecule has 1 saturated heterocycles. The van der Waals surface area contributed by atoms with Crippen LogP contribution < -0.4 is 14.8 Å². The summed E-state index contributed by atoms with van der Waals surface area (Å²) < 4.78 is 10.8. The molecule has 1 aliphatic rings. The van der Waals surface area contributed by atoms with E-state index in [0.717, 1.165) is 17.7 Å². The molecule has 2 aromatic rings. The summed E-state index contributed by atoms with van der Waals surface area (Å²) in [5.74, 6) is 0.806. The van der Waals surface area contributed by atoms with Crippen molar-refractivity contribution in [2.24, 2.45) is 0 Å². The zero-order valence-electron chi connectivity index (χ0n) is 14.7. The molecule has 1 fully saturated rings. The number of methoxy groups -OCH3 is 1. The maximum Gasteiger partial charge on any atom is 0.321 e. The molecular formula is C18H22N4O3. The monoisotopic (exact) mass is 342 g/mol. The quantitative estimate of drug-likeness (QED) is 0.924. The molecule has 0 saturated carbocycles. The Morgan fingerprint density at radius 2 is 2.04 bits per heavy atom. The van der Waals surface area contributed by atoms with Gasteiger partial charge in [-0.15, -0.1) is 0 Å². The lowest BCUT2D eigenvalue weighted by Gasteiger charge is -2.18. The van der Waals surface area contributed by atoms with Crippen LogP contribution in [0.5, 0.6) is 11.8 Å². The molecule has 3 rings (SSSR count).